The summed E-state index contributed by atoms with van der Waals surface area (Å²) in [5, 5.41) is 14.7. The van der Waals surface area contributed by atoms with Crippen LogP contribution in [0, 0.1) is 0 Å². The predicted octanol–water partition coefficient (Wildman–Crippen LogP) is 4.11. The largest absolute Gasteiger partial charge is 0.387 e. The molecule has 1 aromatic carbocycles. The normalized spacial score (nSPS) is 23.7. The number of aliphatic hydroxyl groups is 1. The first-order valence-electron chi connectivity index (χ1n) is 8.24. The van der Waals surface area contributed by atoms with Gasteiger partial charge in [-0.2, -0.15) is 11.8 Å². The average molecular weight is 308 g/mol. The van der Waals surface area contributed by atoms with Crippen LogP contribution in [-0.4, -0.2) is 28.7 Å². The minimum absolute atomic E-state index is 0.404. The monoisotopic (exact) mass is 307 g/mol. The Morgan fingerprint density at radius 1 is 1.19 bits per heavy atom. The van der Waals surface area contributed by atoms with E-state index in [1.54, 1.807) is 0 Å². The van der Waals surface area contributed by atoms with Gasteiger partial charge in [-0.15, -0.1) is 0 Å². The summed E-state index contributed by atoms with van der Waals surface area (Å²) in [5.41, 5.74) is 2.35. The van der Waals surface area contributed by atoms with E-state index in [0.717, 1.165) is 10.8 Å². The molecule has 118 valence electrons. The molecule has 0 bridgehead atoms. The highest BCUT2D eigenvalue weighted by Crippen LogP contribution is 2.30. The van der Waals surface area contributed by atoms with Gasteiger partial charge in [0.25, 0.3) is 0 Å². The van der Waals surface area contributed by atoms with Crippen LogP contribution >= 0.6 is 11.8 Å². The van der Waals surface area contributed by atoms with E-state index >= 15 is 0 Å². The summed E-state index contributed by atoms with van der Waals surface area (Å²) in [6.07, 6.45) is 3.47. The van der Waals surface area contributed by atoms with Gasteiger partial charge in [-0.05, 0) is 35.6 Å². The van der Waals surface area contributed by atoms with E-state index in [9.17, 15) is 5.11 Å². The summed E-state index contributed by atoms with van der Waals surface area (Å²) >= 11 is 2.06. The molecule has 0 saturated heterocycles. The van der Waals surface area contributed by atoms with Gasteiger partial charge in [-0.25, -0.2) is 0 Å². The fourth-order valence-electron chi connectivity index (χ4n) is 3.06. The summed E-state index contributed by atoms with van der Waals surface area (Å²) in [6, 6.07) is 8.96. The highest BCUT2D eigenvalue weighted by atomic mass is 32.2. The quantitative estimate of drug-likeness (QED) is 0.795. The SMILES string of the molecule is CCSC1CCCC1NCC(O)c1ccc(C(C)C)cc1. The van der Waals surface area contributed by atoms with Crippen LogP contribution in [0.25, 0.3) is 0 Å². The lowest BCUT2D eigenvalue weighted by molar-refractivity contribution is 0.170. The van der Waals surface area contributed by atoms with Crippen molar-refractivity contribution >= 4 is 11.8 Å². The number of thioether (sulfide) groups is 1. The zero-order valence-electron chi connectivity index (χ0n) is 13.5. The van der Waals surface area contributed by atoms with Crippen LogP contribution in [0.3, 0.4) is 0 Å². The van der Waals surface area contributed by atoms with Crippen molar-refractivity contribution in [1.82, 2.24) is 5.32 Å². The molecule has 21 heavy (non-hydrogen) atoms. The van der Waals surface area contributed by atoms with Gasteiger partial charge in [0.05, 0.1) is 6.10 Å². The third-order valence-electron chi connectivity index (χ3n) is 4.39. The van der Waals surface area contributed by atoms with E-state index in [4.69, 9.17) is 0 Å². The number of hydrogen-bond donors (Lipinski definition) is 2. The van der Waals surface area contributed by atoms with Crippen LogP contribution in [0.15, 0.2) is 24.3 Å². The minimum Gasteiger partial charge on any atom is -0.387 e. The molecule has 1 aliphatic rings. The first-order chi connectivity index (χ1) is 10.1. The lowest BCUT2D eigenvalue weighted by atomic mass is 10.00. The van der Waals surface area contributed by atoms with E-state index in [-0.39, 0.29) is 0 Å². The fraction of sp³-hybridized carbons (Fsp3) is 0.667. The fourth-order valence-corrected chi connectivity index (χ4v) is 4.28. The van der Waals surface area contributed by atoms with Crippen LogP contribution in [0.1, 0.15) is 63.2 Å². The molecule has 0 amide bonds. The third-order valence-corrected chi connectivity index (χ3v) is 5.72. The predicted molar refractivity (Wildman–Crippen MR) is 93.1 cm³/mol. The highest BCUT2D eigenvalue weighted by molar-refractivity contribution is 7.99. The Labute approximate surface area is 133 Å². The van der Waals surface area contributed by atoms with Crippen molar-refractivity contribution in [2.45, 2.75) is 63.3 Å². The number of benzene rings is 1. The second-order valence-electron chi connectivity index (χ2n) is 6.28. The zero-order valence-corrected chi connectivity index (χ0v) is 14.3. The molecule has 2 rings (SSSR count). The Balaban J connectivity index is 1.85. The molecule has 2 nitrogen and oxygen atoms in total. The van der Waals surface area contributed by atoms with E-state index in [1.165, 1.54) is 30.6 Å². The van der Waals surface area contributed by atoms with Crippen LogP contribution in [0.5, 0.6) is 0 Å². The lowest BCUT2D eigenvalue weighted by Crippen LogP contribution is -2.37. The van der Waals surface area contributed by atoms with Crippen LogP contribution in [-0.2, 0) is 0 Å². The van der Waals surface area contributed by atoms with Crippen molar-refractivity contribution in [3.63, 3.8) is 0 Å². The topological polar surface area (TPSA) is 32.3 Å². The van der Waals surface area contributed by atoms with Crippen molar-refractivity contribution in [1.29, 1.82) is 0 Å². The molecule has 3 heteroatoms. The molecular formula is C18H29NOS. The maximum Gasteiger partial charge on any atom is 0.0914 e. The second kappa shape index (κ2) is 8.21. The maximum atomic E-state index is 10.4. The van der Waals surface area contributed by atoms with Crippen molar-refractivity contribution in [3.8, 4) is 0 Å². The van der Waals surface area contributed by atoms with Crippen molar-refractivity contribution < 1.29 is 5.11 Å². The van der Waals surface area contributed by atoms with Crippen LogP contribution < -0.4 is 5.32 Å². The second-order valence-corrected chi connectivity index (χ2v) is 7.79. The molecule has 0 aliphatic heterocycles. The minimum atomic E-state index is -0.404. The molecule has 1 saturated carbocycles. The van der Waals surface area contributed by atoms with Gasteiger partial charge in [0.2, 0.25) is 0 Å². The molecule has 2 N–H and O–H groups in total. The molecule has 3 atom stereocenters. The van der Waals surface area contributed by atoms with Gasteiger partial charge in [-0.1, -0.05) is 51.5 Å². The molecular weight excluding hydrogens is 278 g/mol. The van der Waals surface area contributed by atoms with Gasteiger partial charge in [0.15, 0.2) is 0 Å². The summed E-state index contributed by atoms with van der Waals surface area (Å²) < 4.78 is 0. The van der Waals surface area contributed by atoms with E-state index in [0.29, 0.717) is 18.5 Å². The molecule has 1 aromatic rings. The lowest BCUT2D eigenvalue weighted by Gasteiger charge is -2.22. The van der Waals surface area contributed by atoms with Gasteiger partial charge >= 0.3 is 0 Å². The van der Waals surface area contributed by atoms with Crippen LogP contribution in [0.4, 0.5) is 0 Å². The Bertz CT molecular complexity index is 418. The maximum absolute atomic E-state index is 10.4. The van der Waals surface area contributed by atoms with Gasteiger partial charge in [0, 0.05) is 17.8 Å². The van der Waals surface area contributed by atoms with Crippen molar-refractivity contribution in [2.75, 3.05) is 12.3 Å². The van der Waals surface area contributed by atoms with Crippen molar-refractivity contribution in [2.24, 2.45) is 0 Å². The first-order valence-corrected chi connectivity index (χ1v) is 9.29. The van der Waals surface area contributed by atoms with E-state index in [2.05, 4.69) is 62.1 Å². The van der Waals surface area contributed by atoms with Gasteiger partial charge < -0.3 is 10.4 Å². The highest BCUT2D eigenvalue weighted by Gasteiger charge is 2.27. The Morgan fingerprint density at radius 2 is 1.86 bits per heavy atom. The van der Waals surface area contributed by atoms with E-state index in [1.807, 2.05) is 0 Å². The van der Waals surface area contributed by atoms with Crippen LogP contribution in [0.2, 0.25) is 0 Å². The Kier molecular flexibility index (Phi) is 6.59. The Hall–Kier alpha value is -0.510. The molecule has 1 aliphatic carbocycles. The molecule has 3 unspecified atom stereocenters. The number of aliphatic hydroxyl groups excluding tert-OH is 1. The van der Waals surface area contributed by atoms with E-state index < -0.39 is 6.10 Å². The molecule has 0 aromatic heterocycles. The summed E-state index contributed by atoms with van der Waals surface area (Å²) in [7, 11) is 0. The molecule has 0 radical (unpaired) electrons. The smallest absolute Gasteiger partial charge is 0.0914 e. The van der Waals surface area contributed by atoms with Crippen molar-refractivity contribution in [3.05, 3.63) is 35.4 Å². The number of nitrogens with one attached hydrogen (secondary N) is 1. The average Bonchev–Trinajstić information content (AvgIpc) is 2.92. The summed E-state index contributed by atoms with van der Waals surface area (Å²) in [5.74, 6) is 1.72. The number of rotatable bonds is 7. The Morgan fingerprint density at radius 3 is 2.48 bits per heavy atom. The third kappa shape index (κ3) is 4.73. The van der Waals surface area contributed by atoms with Gasteiger partial charge in [-0.3, -0.25) is 0 Å². The summed E-state index contributed by atoms with van der Waals surface area (Å²) in [6.45, 7) is 7.27. The molecule has 0 spiro atoms. The van der Waals surface area contributed by atoms with Gasteiger partial charge in [0.1, 0.15) is 0 Å². The zero-order chi connectivity index (χ0) is 15.2. The number of hydrogen-bond acceptors (Lipinski definition) is 3. The summed E-state index contributed by atoms with van der Waals surface area (Å²) in [4.78, 5) is 0. The first kappa shape index (κ1) is 16.9. The molecule has 1 fully saturated rings. The standard InChI is InChI=1S/C18H29NOS/c1-4-21-18-7-5-6-16(18)19-12-17(20)15-10-8-14(9-11-15)13(2)3/h8-11,13,16-20H,4-7,12H2,1-3H3. The molecule has 0 heterocycles.